The third kappa shape index (κ3) is 4.36. The monoisotopic (exact) mass is 472 g/mol. The van der Waals surface area contributed by atoms with E-state index >= 15 is 0 Å². The highest BCUT2D eigenvalue weighted by Gasteiger charge is 2.41. The molecule has 2 amide bonds. The molecule has 0 saturated carbocycles. The number of anilines is 1. The van der Waals surface area contributed by atoms with Crippen LogP contribution in [-0.4, -0.2) is 39.5 Å². The van der Waals surface area contributed by atoms with Gasteiger partial charge in [-0.25, -0.2) is 14.3 Å². The molecule has 0 saturated heterocycles. The number of carbonyl (C=O) groups excluding carboxylic acids is 2. The van der Waals surface area contributed by atoms with E-state index in [-0.39, 0.29) is 23.4 Å². The Labute approximate surface area is 200 Å². The van der Waals surface area contributed by atoms with Crippen molar-refractivity contribution in [3.63, 3.8) is 0 Å². The van der Waals surface area contributed by atoms with Gasteiger partial charge in [-0.05, 0) is 42.3 Å². The van der Waals surface area contributed by atoms with Crippen molar-refractivity contribution in [1.29, 1.82) is 0 Å². The molecule has 0 spiro atoms. The van der Waals surface area contributed by atoms with E-state index in [1.54, 1.807) is 19.1 Å². The Morgan fingerprint density at radius 3 is 2.65 bits per heavy atom. The summed E-state index contributed by atoms with van der Waals surface area (Å²) in [5, 5.41) is 3.10. The number of aryl methyl sites for hydroxylation is 1. The molecule has 3 aromatic rings. The zero-order chi connectivity index (χ0) is 23.7. The van der Waals surface area contributed by atoms with Gasteiger partial charge in [0.1, 0.15) is 17.7 Å². The van der Waals surface area contributed by atoms with Gasteiger partial charge in [0.2, 0.25) is 5.91 Å². The fourth-order valence-electron chi connectivity index (χ4n) is 3.87. The minimum atomic E-state index is -0.557. The van der Waals surface area contributed by atoms with Crippen LogP contribution in [0.5, 0.6) is 0 Å². The number of para-hydroxylation sites is 1. The Morgan fingerprint density at radius 1 is 1.09 bits per heavy atom. The largest absolute Gasteiger partial charge is 0.325 e. The number of halogens is 1. The molecule has 0 fully saturated rings. The molecule has 6 nitrogen and oxygen atoms in total. The van der Waals surface area contributed by atoms with Crippen molar-refractivity contribution < 1.29 is 14.0 Å². The molecule has 34 heavy (non-hydrogen) atoms. The lowest BCUT2D eigenvalue weighted by Gasteiger charge is -2.25. The van der Waals surface area contributed by atoms with Gasteiger partial charge < -0.3 is 5.32 Å². The average molecular weight is 473 g/mol. The molecule has 0 aromatic heterocycles. The quantitative estimate of drug-likeness (QED) is 0.585. The van der Waals surface area contributed by atoms with Crippen LogP contribution in [0.4, 0.5) is 15.8 Å². The van der Waals surface area contributed by atoms with E-state index in [2.05, 4.69) is 10.3 Å². The van der Waals surface area contributed by atoms with Crippen LogP contribution in [-0.2, 0) is 16.0 Å². The van der Waals surface area contributed by atoms with Crippen LogP contribution in [0.25, 0.3) is 0 Å². The number of carbonyl (C=O) groups is 2. The third-order valence-electron chi connectivity index (χ3n) is 5.61. The van der Waals surface area contributed by atoms with Crippen molar-refractivity contribution in [2.24, 2.45) is 9.98 Å². The summed E-state index contributed by atoms with van der Waals surface area (Å²) in [5.41, 5.74) is 3.40. The van der Waals surface area contributed by atoms with E-state index < -0.39 is 6.04 Å². The van der Waals surface area contributed by atoms with Crippen LogP contribution in [0.15, 0.2) is 82.8 Å². The summed E-state index contributed by atoms with van der Waals surface area (Å²) >= 11 is 1.15. The summed E-state index contributed by atoms with van der Waals surface area (Å²) in [4.78, 5) is 36.8. The number of benzene rings is 3. The van der Waals surface area contributed by atoms with Crippen LogP contribution in [0, 0.1) is 12.7 Å². The predicted octanol–water partition coefficient (Wildman–Crippen LogP) is 4.71. The lowest BCUT2D eigenvalue weighted by molar-refractivity contribution is -0.124. The van der Waals surface area contributed by atoms with Crippen molar-refractivity contribution >= 4 is 46.0 Å². The van der Waals surface area contributed by atoms with Crippen molar-refractivity contribution in [3.05, 3.63) is 95.3 Å². The highest BCUT2D eigenvalue weighted by atomic mass is 32.2. The third-order valence-corrected chi connectivity index (χ3v) is 6.55. The highest BCUT2D eigenvalue weighted by molar-refractivity contribution is 8.14. The van der Waals surface area contributed by atoms with Gasteiger partial charge >= 0.3 is 0 Å². The van der Waals surface area contributed by atoms with E-state index in [1.807, 2.05) is 54.6 Å². The molecule has 2 heterocycles. The predicted molar refractivity (Wildman–Crippen MR) is 133 cm³/mol. The number of amidine groups is 2. The van der Waals surface area contributed by atoms with Crippen LogP contribution in [0.1, 0.15) is 16.7 Å². The molecule has 2 aliphatic rings. The fourth-order valence-corrected chi connectivity index (χ4v) is 4.67. The SMILES string of the molecule is Cc1ccc(NC(=O)CSC2=Nc3ccccc3C3=N[C@H](Cc4ccccc4)C(=O)N23)cc1F. The van der Waals surface area contributed by atoms with E-state index in [0.29, 0.717) is 34.4 Å². The number of hydrogen-bond donors (Lipinski definition) is 1. The van der Waals surface area contributed by atoms with Crippen molar-refractivity contribution in [3.8, 4) is 0 Å². The molecule has 1 atom stereocenters. The Morgan fingerprint density at radius 2 is 1.85 bits per heavy atom. The van der Waals surface area contributed by atoms with E-state index in [9.17, 15) is 14.0 Å². The zero-order valence-electron chi connectivity index (χ0n) is 18.4. The van der Waals surface area contributed by atoms with Gasteiger partial charge in [0.25, 0.3) is 5.91 Å². The molecule has 0 unspecified atom stereocenters. The first-order valence-electron chi connectivity index (χ1n) is 10.8. The molecule has 3 aromatic carbocycles. The first-order chi connectivity index (χ1) is 16.5. The fraction of sp³-hybridized carbons (Fsp3) is 0.154. The molecule has 1 N–H and O–H groups in total. The number of aliphatic imine (C=N–C) groups is 2. The van der Waals surface area contributed by atoms with Crippen LogP contribution < -0.4 is 5.32 Å². The van der Waals surface area contributed by atoms with Crippen molar-refractivity contribution in [1.82, 2.24) is 4.90 Å². The first kappa shape index (κ1) is 22.0. The van der Waals surface area contributed by atoms with Gasteiger partial charge in [0.05, 0.1) is 11.4 Å². The minimum Gasteiger partial charge on any atom is -0.325 e. The number of nitrogens with zero attached hydrogens (tertiary/aromatic N) is 3. The minimum absolute atomic E-state index is 0.0108. The first-order valence-corrected chi connectivity index (χ1v) is 11.8. The summed E-state index contributed by atoms with van der Waals surface area (Å²) in [5.74, 6) is -0.301. The second kappa shape index (κ2) is 9.23. The summed E-state index contributed by atoms with van der Waals surface area (Å²) in [6, 6.07) is 21.3. The van der Waals surface area contributed by atoms with Gasteiger partial charge in [-0.15, -0.1) is 0 Å². The number of fused-ring (bicyclic) bond motifs is 3. The van der Waals surface area contributed by atoms with Crippen LogP contribution >= 0.6 is 11.8 Å². The zero-order valence-corrected chi connectivity index (χ0v) is 19.2. The maximum Gasteiger partial charge on any atom is 0.259 e. The van der Waals surface area contributed by atoms with Crippen molar-refractivity contribution in [2.45, 2.75) is 19.4 Å². The van der Waals surface area contributed by atoms with Crippen LogP contribution in [0.2, 0.25) is 0 Å². The van der Waals surface area contributed by atoms with Gasteiger partial charge in [0, 0.05) is 17.7 Å². The number of thioether (sulfide) groups is 1. The molecule has 0 aliphatic carbocycles. The maximum absolute atomic E-state index is 13.8. The number of rotatable bonds is 5. The Balaban J connectivity index is 1.36. The molecular weight excluding hydrogens is 451 g/mol. The highest BCUT2D eigenvalue weighted by Crippen LogP contribution is 2.34. The number of amides is 2. The molecule has 5 rings (SSSR count). The lowest BCUT2D eigenvalue weighted by atomic mass is 10.1. The Bertz CT molecular complexity index is 1340. The molecule has 0 bridgehead atoms. The van der Waals surface area contributed by atoms with Gasteiger partial charge in [0.15, 0.2) is 5.17 Å². The van der Waals surface area contributed by atoms with Gasteiger partial charge in [-0.3, -0.25) is 14.6 Å². The standard InChI is InChI=1S/C26H21FN4O2S/c1-16-11-12-18(14-20(16)27)28-23(32)15-34-26-30-21-10-6-5-9-19(21)24-29-22(25(33)31(24)26)13-17-7-3-2-4-8-17/h2-12,14,22H,13,15H2,1H3,(H,28,32)/t22-/m1/s1. The second-order valence-electron chi connectivity index (χ2n) is 8.04. The van der Waals surface area contributed by atoms with Crippen molar-refractivity contribution in [2.75, 3.05) is 11.1 Å². The number of hydrogen-bond acceptors (Lipinski definition) is 5. The normalized spacial score (nSPS) is 16.5. The van der Waals surface area contributed by atoms with Crippen LogP contribution in [0.3, 0.4) is 0 Å². The second-order valence-corrected chi connectivity index (χ2v) is 8.99. The van der Waals surface area contributed by atoms with Gasteiger partial charge in [-0.1, -0.05) is 60.3 Å². The molecule has 2 aliphatic heterocycles. The average Bonchev–Trinajstić information content (AvgIpc) is 3.17. The topological polar surface area (TPSA) is 74.1 Å². The number of nitrogens with one attached hydrogen (secondary N) is 1. The Kier molecular flexibility index (Phi) is 5.98. The van der Waals surface area contributed by atoms with E-state index in [1.165, 1.54) is 11.0 Å². The van der Waals surface area contributed by atoms with Gasteiger partial charge in [-0.2, -0.15) is 0 Å². The van der Waals surface area contributed by atoms with E-state index in [0.717, 1.165) is 22.9 Å². The summed E-state index contributed by atoms with van der Waals surface area (Å²) < 4.78 is 13.8. The summed E-state index contributed by atoms with van der Waals surface area (Å²) in [7, 11) is 0. The smallest absolute Gasteiger partial charge is 0.259 e. The molecule has 0 radical (unpaired) electrons. The van der Waals surface area contributed by atoms with E-state index in [4.69, 9.17) is 4.99 Å². The summed E-state index contributed by atoms with van der Waals surface area (Å²) in [6.45, 7) is 1.66. The maximum atomic E-state index is 13.8. The molecule has 8 heteroatoms. The molecular formula is C26H21FN4O2S. The lowest BCUT2D eigenvalue weighted by Crippen LogP contribution is -2.41. The Hall–Kier alpha value is -3.78. The molecule has 170 valence electrons. The summed E-state index contributed by atoms with van der Waals surface area (Å²) in [6.07, 6.45) is 0.485.